The maximum Gasteiger partial charge on any atom is 0.252 e. The fourth-order valence-corrected chi connectivity index (χ4v) is 6.32. The molecule has 0 fully saturated rings. The maximum absolute atomic E-state index is 13.8. The molecule has 1 radical (unpaired) electrons. The first kappa shape index (κ1) is 41.2. The third-order valence-corrected chi connectivity index (χ3v) is 11.0. The van der Waals surface area contributed by atoms with Crippen molar-refractivity contribution in [3.05, 3.63) is 101 Å². The number of rotatable bonds is 9. The number of fused-ring (bicyclic) bond motifs is 2. The number of carbonyl (C=O) groups excluding carboxylic acids is 1. The van der Waals surface area contributed by atoms with Crippen molar-refractivity contribution in [3.8, 4) is 22.4 Å². The molecule has 1 heterocycles. The number of halogens is 2. The summed E-state index contributed by atoms with van der Waals surface area (Å²) in [5.74, 6) is -2.30. The number of aromatic nitrogens is 1. The van der Waals surface area contributed by atoms with Crippen LogP contribution in [0.15, 0.2) is 78.7 Å². The number of aliphatic hydroxyl groups is 1. The molecule has 0 spiro atoms. The number of hydrogen-bond donors (Lipinski definition) is 1. The summed E-state index contributed by atoms with van der Waals surface area (Å²) in [6, 6.07) is 24.0. The molecule has 0 saturated heterocycles. The number of aryl methyl sites for hydroxylation is 1. The van der Waals surface area contributed by atoms with Gasteiger partial charge >= 0.3 is 0 Å². The molecule has 1 aliphatic carbocycles. The maximum atomic E-state index is 13.8. The van der Waals surface area contributed by atoms with E-state index in [1.54, 1.807) is 0 Å². The first-order valence-electron chi connectivity index (χ1n) is 17.9. The summed E-state index contributed by atoms with van der Waals surface area (Å²) in [6.07, 6.45) is 6.75. The predicted molar refractivity (Wildman–Crippen MR) is 200 cm³/mol. The molecule has 3 aromatic carbocycles. The molecule has 0 atom stereocenters. The van der Waals surface area contributed by atoms with Gasteiger partial charge in [-0.25, -0.2) is 8.78 Å². The van der Waals surface area contributed by atoms with Crippen molar-refractivity contribution in [2.24, 2.45) is 10.8 Å². The van der Waals surface area contributed by atoms with E-state index in [4.69, 9.17) is 0 Å². The van der Waals surface area contributed by atoms with E-state index in [1.807, 2.05) is 72.0 Å². The molecule has 0 bridgehead atoms. The van der Waals surface area contributed by atoms with Crippen molar-refractivity contribution in [3.63, 3.8) is 0 Å². The van der Waals surface area contributed by atoms with E-state index in [0.717, 1.165) is 64.6 Å². The number of nitrogens with zero attached hydrogens (tertiary/aromatic N) is 1. The van der Waals surface area contributed by atoms with E-state index >= 15 is 0 Å². The minimum atomic E-state index is -2.59. The Hall–Kier alpha value is -3.21. The number of benzene rings is 3. The number of carbonyl (C=O) groups is 1. The van der Waals surface area contributed by atoms with Crippen LogP contribution in [-0.2, 0) is 43.2 Å². The molecule has 5 rings (SSSR count). The van der Waals surface area contributed by atoms with Gasteiger partial charge in [0.2, 0.25) is 0 Å². The van der Waals surface area contributed by atoms with Crippen molar-refractivity contribution >= 4 is 16.6 Å². The van der Waals surface area contributed by atoms with Gasteiger partial charge in [0.25, 0.3) is 5.92 Å². The summed E-state index contributed by atoms with van der Waals surface area (Å²) in [6.45, 7) is 18.7. The van der Waals surface area contributed by atoms with Crippen LogP contribution in [0.5, 0.6) is 0 Å². The number of alkyl halides is 2. The Kier molecular flexibility index (Phi) is 13.5. The Balaban J connectivity index is 0.000000323. The van der Waals surface area contributed by atoms with E-state index < -0.39 is 5.92 Å². The quantitative estimate of drug-likeness (QED) is 0.104. The van der Waals surface area contributed by atoms with E-state index in [9.17, 15) is 18.7 Å². The monoisotopic (exact) mass is 859 g/mol. The summed E-state index contributed by atoms with van der Waals surface area (Å²) in [5, 5.41) is 12.4. The van der Waals surface area contributed by atoms with Crippen molar-refractivity contribution in [2.45, 2.75) is 119 Å². The molecule has 6 heteroatoms. The van der Waals surface area contributed by atoms with Gasteiger partial charge in [0.15, 0.2) is 5.78 Å². The van der Waals surface area contributed by atoms with Crippen molar-refractivity contribution in [2.75, 3.05) is 0 Å². The van der Waals surface area contributed by atoms with Crippen LogP contribution < -0.4 is 0 Å². The van der Waals surface area contributed by atoms with Gasteiger partial charge in [-0.2, -0.15) is 0 Å². The molecule has 50 heavy (non-hydrogen) atoms. The molecule has 0 unspecified atom stereocenters. The molecule has 4 aromatic rings. The molecule has 1 aliphatic rings. The molecule has 3 nitrogen and oxygen atoms in total. The first-order valence-corrected chi connectivity index (χ1v) is 17.9. The van der Waals surface area contributed by atoms with Crippen LogP contribution in [-0.4, -0.2) is 21.8 Å². The SMILES string of the molecule is CC(C)(C)c1cc(-c2cc(-c3ccc4c(c3)CCC(F)(F)C4)ccn2)[c-]c2ccccc12.CCC(C)(CC)C(=O)/C=C(\O)C(C)(CC)CC.[Ir]. The number of pyridine rings is 1. The van der Waals surface area contributed by atoms with Gasteiger partial charge in [-0.1, -0.05) is 116 Å². The minimum absolute atomic E-state index is 0. The Morgan fingerprint density at radius 3 is 2.10 bits per heavy atom. The number of ketones is 1. The molecule has 271 valence electrons. The van der Waals surface area contributed by atoms with Gasteiger partial charge in [-0.3, -0.25) is 9.78 Å². The largest absolute Gasteiger partial charge is 0.512 e. The summed E-state index contributed by atoms with van der Waals surface area (Å²) in [5.41, 5.74) is 6.34. The second kappa shape index (κ2) is 16.4. The second-order valence-electron chi connectivity index (χ2n) is 15.3. The van der Waals surface area contributed by atoms with Gasteiger partial charge in [0.05, 0.1) is 0 Å². The van der Waals surface area contributed by atoms with Crippen molar-refractivity contribution in [1.82, 2.24) is 4.98 Å². The van der Waals surface area contributed by atoms with Crippen LogP contribution in [0, 0.1) is 16.9 Å². The smallest absolute Gasteiger partial charge is 0.252 e. The number of hydrogen-bond acceptors (Lipinski definition) is 3. The number of aliphatic hydroxyl groups excluding tert-OH is 1. The predicted octanol–water partition coefficient (Wildman–Crippen LogP) is 12.4. The Morgan fingerprint density at radius 1 is 0.860 bits per heavy atom. The van der Waals surface area contributed by atoms with E-state index in [2.05, 4.69) is 68.2 Å². The normalized spacial score (nSPS) is 14.7. The van der Waals surface area contributed by atoms with Crippen LogP contribution in [0.3, 0.4) is 0 Å². The third-order valence-electron chi connectivity index (χ3n) is 11.0. The van der Waals surface area contributed by atoms with Gasteiger partial charge in [0, 0.05) is 61.7 Å². The van der Waals surface area contributed by atoms with Gasteiger partial charge in [-0.15, -0.1) is 29.1 Å². The average molecular weight is 859 g/mol. The zero-order chi connectivity index (χ0) is 36.2. The van der Waals surface area contributed by atoms with E-state index in [0.29, 0.717) is 6.42 Å². The summed E-state index contributed by atoms with van der Waals surface area (Å²) < 4.78 is 27.5. The van der Waals surface area contributed by atoms with Crippen molar-refractivity contribution in [1.29, 1.82) is 0 Å². The third kappa shape index (κ3) is 9.36. The van der Waals surface area contributed by atoms with Crippen LogP contribution in [0.2, 0.25) is 0 Å². The van der Waals surface area contributed by atoms with Crippen LogP contribution in [0.4, 0.5) is 8.78 Å². The average Bonchev–Trinajstić information content (AvgIpc) is 3.09. The van der Waals surface area contributed by atoms with Crippen LogP contribution in [0.25, 0.3) is 33.2 Å². The Bertz CT molecular complexity index is 1810. The zero-order valence-electron chi connectivity index (χ0n) is 31.3. The standard InChI is InChI=1S/C29H26F2N.C15H28O2.Ir/c1-28(2,3)26-16-24(15-22-6-4-5-7-25(22)26)27-17-21(11-13-32-27)19-8-9-23-18-29(30,31)12-10-20(23)14-19;1-7-14(5,8-2)12(16)11-13(17)15(6,9-3)10-4;/h4-9,11,13-14,16-17H,10,12,18H2,1-3H3;11,16H,7-10H2,1-6H3;/q-1;;/b;12-11-;. The molecule has 1 N–H and O–H groups in total. The van der Waals surface area contributed by atoms with E-state index in [1.165, 1.54) is 17.0 Å². The fraction of sp³-hybridized carbons (Fsp3) is 0.455. The Morgan fingerprint density at radius 2 is 1.48 bits per heavy atom. The van der Waals surface area contributed by atoms with Gasteiger partial charge in [-0.05, 0) is 65.8 Å². The molecule has 0 aliphatic heterocycles. The summed E-state index contributed by atoms with van der Waals surface area (Å²) >= 11 is 0. The summed E-state index contributed by atoms with van der Waals surface area (Å²) in [4.78, 5) is 16.8. The van der Waals surface area contributed by atoms with Gasteiger partial charge < -0.3 is 5.11 Å². The van der Waals surface area contributed by atoms with Gasteiger partial charge in [0.1, 0.15) is 5.76 Å². The van der Waals surface area contributed by atoms with Crippen LogP contribution in [0.1, 0.15) is 111 Å². The summed E-state index contributed by atoms with van der Waals surface area (Å²) in [7, 11) is 0. The zero-order valence-corrected chi connectivity index (χ0v) is 33.7. The minimum Gasteiger partial charge on any atom is -0.512 e. The molecule has 0 amide bonds. The topological polar surface area (TPSA) is 50.2 Å². The Labute approximate surface area is 312 Å². The molecule has 0 saturated carbocycles. The van der Waals surface area contributed by atoms with Crippen LogP contribution >= 0.6 is 0 Å². The van der Waals surface area contributed by atoms with E-state index in [-0.39, 0.29) is 60.7 Å². The number of allylic oxidation sites excluding steroid dienone is 2. The molecular weight excluding hydrogens is 805 g/mol. The first-order chi connectivity index (χ1) is 23.0. The fourth-order valence-electron chi connectivity index (χ4n) is 6.32. The second-order valence-corrected chi connectivity index (χ2v) is 15.3. The molecular formula is C44H54F2IrNO2-. The van der Waals surface area contributed by atoms with Crippen molar-refractivity contribution < 1.29 is 38.8 Å². The molecule has 1 aromatic heterocycles.